The first kappa shape index (κ1) is 19.2. The first-order chi connectivity index (χ1) is 12.5. The second-order valence-corrected chi connectivity index (χ2v) is 5.45. The smallest absolute Gasteiger partial charge is 0.324 e. The van der Waals surface area contributed by atoms with Gasteiger partial charge in [0.05, 0.1) is 18.8 Å². The van der Waals surface area contributed by atoms with Crippen LogP contribution in [-0.4, -0.2) is 55.0 Å². The number of para-hydroxylation sites is 2. The maximum Gasteiger partial charge on any atom is 0.324 e. The number of rotatable bonds is 9. The lowest BCUT2D eigenvalue weighted by atomic mass is 10.3. The fraction of sp³-hybridized carbons (Fsp3) is 0.412. The first-order valence-corrected chi connectivity index (χ1v) is 8.26. The van der Waals surface area contributed by atoms with Crippen LogP contribution < -0.4 is 15.4 Å². The van der Waals surface area contributed by atoms with Crippen LogP contribution in [0.15, 0.2) is 24.3 Å². The van der Waals surface area contributed by atoms with E-state index >= 15 is 0 Å². The average molecular weight is 363 g/mol. The number of urea groups is 1. The minimum absolute atomic E-state index is 0.000126. The van der Waals surface area contributed by atoms with Crippen LogP contribution in [0, 0.1) is 0 Å². The zero-order chi connectivity index (χ0) is 18.9. The molecule has 1 heterocycles. The summed E-state index contributed by atoms with van der Waals surface area (Å²) < 4.78 is 10.3. The van der Waals surface area contributed by atoms with E-state index in [2.05, 4.69) is 10.6 Å². The van der Waals surface area contributed by atoms with Crippen molar-refractivity contribution in [2.75, 3.05) is 31.6 Å². The van der Waals surface area contributed by atoms with Crippen LogP contribution in [0.4, 0.5) is 10.5 Å². The molecule has 0 aliphatic carbocycles. The highest BCUT2D eigenvalue weighted by Gasteiger charge is 2.27. The molecule has 0 saturated carbocycles. The van der Waals surface area contributed by atoms with E-state index in [4.69, 9.17) is 9.47 Å². The predicted molar refractivity (Wildman–Crippen MR) is 91.5 cm³/mol. The number of hydrogen-bond donors (Lipinski definition) is 2. The number of hydrogen-bond acceptors (Lipinski definition) is 6. The van der Waals surface area contributed by atoms with Crippen LogP contribution in [0.25, 0.3) is 0 Å². The van der Waals surface area contributed by atoms with E-state index in [1.54, 1.807) is 24.3 Å². The Morgan fingerprint density at radius 1 is 1.27 bits per heavy atom. The van der Waals surface area contributed by atoms with Gasteiger partial charge in [0.15, 0.2) is 6.61 Å². The van der Waals surface area contributed by atoms with Gasteiger partial charge in [-0.05, 0) is 25.5 Å². The molecule has 9 nitrogen and oxygen atoms in total. The van der Waals surface area contributed by atoms with Crippen molar-refractivity contribution in [2.24, 2.45) is 0 Å². The fourth-order valence-corrected chi connectivity index (χ4v) is 2.32. The molecule has 2 rings (SSSR count). The van der Waals surface area contributed by atoms with Gasteiger partial charge in [0, 0.05) is 13.0 Å². The molecule has 0 aromatic heterocycles. The predicted octanol–water partition coefficient (Wildman–Crippen LogP) is 0.899. The molecule has 1 aliphatic heterocycles. The van der Waals surface area contributed by atoms with Crippen molar-refractivity contribution in [3.05, 3.63) is 24.3 Å². The molecule has 1 aromatic carbocycles. The number of nitrogens with zero attached hydrogens (tertiary/aromatic N) is 1. The fourth-order valence-electron chi connectivity index (χ4n) is 2.32. The van der Waals surface area contributed by atoms with Crippen molar-refractivity contribution < 1.29 is 28.7 Å². The summed E-state index contributed by atoms with van der Waals surface area (Å²) >= 11 is 0. The molecule has 1 saturated heterocycles. The lowest BCUT2D eigenvalue weighted by molar-refractivity contribution is -0.147. The second-order valence-electron chi connectivity index (χ2n) is 5.45. The number of anilines is 1. The van der Waals surface area contributed by atoms with E-state index in [0.29, 0.717) is 18.0 Å². The highest BCUT2D eigenvalue weighted by molar-refractivity contribution is 6.01. The lowest BCUT2D eigenvalue weighted by Gasteiger charge is -2.12. The summed E-state index contributed by atoms with van der Waals surface area (Å²) in [6, 6.07) is 6.48. The summed E-state index contributed by atoms with van der Waals surface area (Å²) in [5.41, 5.74) is 0.494. The molecular weight excluding hydrogens is 342 g/mol. The van der Waals surface area contributed by atoms with E-state index in [-0.39, 0.29) is 31.8 Å². The molecule has 0 radical (unpaired) electrons. The maximum absolute atomic E-state index is 11.9. The van der Waals surface area contributed by atoms with Gasteiger partial charge in [0.1, 0.15) is 5.75 Å². The summed E-state index contributed by atoms with van der Waals surface area (Å²) in [6.07, 6.45) is 0.270. The van der Waals surface area contributed by atoms with Gasteiger partial charge in [0.25, 0.3) is 5.91 Å². The van der Waals surface area contributed by atoms with E-state index in [9.17, 15) is 19.2 Å². The SMILES string of the molecule is CCOc1ccccc1NC(=O)COC(=O)CCCN1C(=O)CNC1=O. The third-order valence-electron chi connectivity index (χ3n) is 3.52. The Hall–Kier alpha value is -3.10. The number of carbonyl (C=O) groups is 4. The molecule has 0 bridgehead atoms. The van der Waals surface area contributed by atoms with Crippen molar-refractivity contribution in [2.45, 2.75) is 19.8 Å². The van der Waals surface area contributed by atoms with Crippen molar-refractivity contribution in [1.82, 2.24) is 10.2 Å². The van der Waals surface area contributed by atoms with Crippen molar-refractivity contribution in [3.8, 4) is 5.75 Å². The summed E-state index contributed by atoms with van der Waals surface area (Å²) in [4.78, 5) is 47.3. The minimum atomic E-state index is -0.578. The van der Waals surface area contributed by atoms with Gasteiger partial charge >= 0.3 is 12.0 Å². The van der Waals surface area contributed by atoms with Crippen LogP contribution in [0.5, 0.6) is 5.75 Å². The number of nitrogens with one attached hydrogen (secondary N) is 2. The maximum atomic E-state index is 11.9. The quantitative estimate of drug-likeness (QED) is 0.498. The Kier molecular flexibility index (Phi) is 6.95. The van der Waals surface area contributed by atoms with Gasteiger partial charge in [-0.1, -0.05) is 12.1 Å². The van der Waals surface area contributed by atoms with Gasteiger partial charge in [-0.15, -0.1) is 0 Å². The number of esters is 1. The zero-order valence-electron chi connectivity index (χ0n) is 14.4. The third kappa shape index (κ3) is 5.47. The number of carbonyl (C=O) groups excluding carboxylic acids is 4. The number of amides is 4. The van der Waals surface area contributed by atoms with Gasteiger partial charge in [-0.3, -0.25) is 19.3 Å². The van der Waals surface area contributed by atoms with Crippen molar-refractivity contribution >= 4 is 29.5 Å². The van der Waals surface area contributed by atoms with Crippen LogP contribution in [-0.2, 0) is 19.1 Å². The molecule has 1 aliphatic rings. The molecule has 1 aromatic rings. The van der Waals surface area contributed by atoms with Gasteiger partial charge in [-0.2, -0.15) is 0 Å². The summed E-state index contributed by atoms with van der Waals surface area (Å²) in [6.45, 7) is 1.97. The molecule has 1 fully saturated rings. The summed E-state index contributed by atoms with van der Waals surface area (Å²) in [7, 11) is 0. The molecule has 140 valence electrons. The van der Waals surface area contributed by atoms with E-state index in [1.807, 2.05) is 6.92 Å². The monoisotopic (exact) mass is 363 g/mol. The normalized spacial score (nSPS) is 13.3. The van der Waals surface area contributed by atoms with E-state index < -0.39 is 24.5 Å². The lowest BCUT2D eigenvalue weighted by Crippen LogP contribution is -2.32. The highest BCUT2D eigenvalue weighted by Crippen LogP contribution is 2.23. The Labute approximate surface area is 150 Å². The number of benzene rings is 1. The number of imide groups is 1. The molecule has 0 unspecified atom stereocenters. The molecular formula is C17H21N3O6. The molecule has 2 N–H and O–H groups in total. The molecule has 9 heteroatoms. The summed E-state index contributed by atoms with van der Waals surface area (Å²) in [5, 5.41) is 5.01. The largest absolute Gasteiger partial charge is 0.492 e. The van der Waals surface area contributed by atoms with E-state index in [1.165, 1.54) is 0 Å². The standard InChI is InChI=1S/C17H21N3O6/c1-2-25-13-7-4-3-6-12(13)19-14(21)11-26-16(23)8-5-9-20-15(22)10-18-17(20)24/h3-4,6-7H,2,5,8-11H2,1H3,(H,18,24)(H,19,21). The van der Waals surface area contributed by atoms with Gasteiger partial charge in [0.2, 0.25) is 5.91 Å². The molecule has 0 atom stereocenters. The minimum Gasteiger partial charge on any atom is -0.492 e. The molecule has 0 spiro atoms. The van der Waals surface area contributed by atoms with Crippen LogP contribution >= 0.6 is 0 Å². The van der Waals surface area contributed by atoms with Crippen molar-refractivity contribution in [3.63, 3.8) is 0 Å². The van der Waals surface area contributed by atoms with Crippen LogP contribution in [0.3, 0.4) is 0 Å². The first-order valence-electron chi connectivity index (χ1n) is 8.26. The summed E-state index contributed by atoms with van der Waals surface area (Å²) in [5.74, 6) is -0.858. The van der Waals surface area contributed by atoms with Crippen LogP contribution in [0.2, 0.25) is 0 Å². The highest BCUT2D eigenvalue weighted by atomic mass is 16.5. The molecule has 26 heavy (non-hydrogen) atoms. The third-order valence-corrected chi connectivity index (χ3v) is 3.52. The van der Waals surface area contributed by atoms with E-state index in [0.717, 1.165) is 4.90 Å². The Morgan fingerprint density at radius 2 is 2.04 bits per heavy atom. The Bertz CT molecular complexity index is 675. The Balaban J connectivity index is 1.69. The zero-order valence-corrected chi connectivity index (χ0v) is 14.4. The van der Waals surface area contributed by atoms with Crippen LogP contribution in [0.1, 0.15) is 19.8 Å². The van der Waals surface area contributed by atoms with Gasteiger partial charge < -0.3 is 20.1 Å². The second kappa shape index (κ2) is 9.40. The average Bonchev–Trinajstić information content (AvgIpc) is 2.94. The topological polar surface area (TPSA) is 114 Å². The molecule has 4 amide bonds. The van der Waals surface area contributed by atoms with Gasteiger partial charge in [-0.25, -0.2) is 4.79 Å². The Morgan fingerprint density at radius 3 is 2.73 bits per heavy atom. The van der Waals surface area contributed by atoms with Crippen molar-refractivity contribution in [1.29, 1.82) is 0 Å². The number of ether oxygens (including phenoxy) is 2.